The number of carbonyl (C=O) groups is 2. The number of rotatable bonds is 8. The fourth-order valence-electron chi connectivity index (χ4n) is 3.98. The lowest BCUT2D eigenvalue weighted by Gasteiger charge is -2.24. The van der Waals surface area contributed by atoms with Crippen molar-refractivity contribution in [1.82, 2.24) is 15.6 Å². The highest BCUT2D eigenvalue weighted by Gasteiger charge is 2.29. The first-order valence-electron chi connectivity index (χ1n) is 11.4. The number of H-pyrrole nitrogens is 1. The summed E-state index contributed by atoms with van der Waals surface area (Å²) in [5.74, 6) is -1.17. The van der Waals surface area contributed by atoms with Gasteiger partial charge in [0.1, 0.15) is 5.69 Å². The van der Waals surface area contributed by atoms with Crippen LogP contribution in [0.2, 0.25) is 0 Å². The molecule has 0 aliphatic carbocycles. The lowest BCUT2D eigenvalue weighted by atomic mass is 9.99. The molecule has 2 amide bonds. The zero-order valence-corrected chi connectivity index (χ0v) is 19.3. The number of carbonyl (C=O) groups excluding carboxylic acids is 2. The van der Waals surface area contributed by atoms with E-state index in [1.54, 1.807) is 31.2 Å². The van der Waals surface area contributed by atoms with Gasteiger partial charge in [-0.1, -0.05) is 72.8 Å². The van der Waals surface area contributed by atoms with Crippen molar-refractivity contribution in [2.75, 3.05) is 0 Å². The SMILES string of the molecule is Cc1c(C(=O)NC(Cc2ccccc2)C(O)C(=O)NCc2ccccc2)[nH]c2ccccc2c1=O. The molecule has 0 aliphatic heterocycles. The lowest BCUT2D eigenvalue weighted by Crippen LogP contribution is -2.52. The summed E-state index contributed by atoms with van der Waals surface area (Å²) in [5, 5.41) is 16.9. The number of hydrogen-bond donors (Lipinski definition) is 4. The van der Waals surface area contributed by atoms with Crippen molar-refractivity contribution in [2.45, 2.75) is 32.0 Å². The third-order valence-corrected chi connectivity index (χ3v) is 5.95. The van der Waals surface area contributed by atoms with E-state index < -0.39 is 24.0 Å². The number of fused-ring (bicyclic) bond motifs is 1. The van der Waals surface area contributed by atoms with Crippen LogP contribution in [-0.2, 0) is 17.8 Å². The van der Waals surface area contributed by atoms with Crippen LogP contribution in [0.5, 0.6) is 0 Å². The Hall–Kier alpha value is -4.23. The van der Waals surface area contributed by atoms with E-state index in [2.05, 4.69) is 15.6 Å². The molecule has 1 heterocycles. The molecule has 4 N–H and O–H groups in total. The lowest BCUT2D eigenvalue weighted by molar-refractivity contribution is -0.130. The third-order valence-electron chi connectivity index (χ3n) is 5.95. The number of aliphatic hydroxyl groups is 1. The van der Waals surface area contributed by atoms with Crippen LogP contribution in [0.15, 0.2) is 89.7 Å². The van der Waals surface area contributed by atoms with Crippen molar-refractivity contribution >= 4 is 22.7 Å². The van der Waals surface area contributed by atoms with Crippen LogP contribution in [0.4, 0.5) is 0 Å². The number of para-hydroxylation sites is 1. The van der Waals surface area contributed by atoms with Gasteiger partial charge in [0.25, 0.3) is 11.8 Å². The van der Waals surface area contributed by atoms with Gasteiger partial charge in [-0.05, 0) is 36.6 Å². The quantitative estimate of drug-likeness (QED) is 0.318. The van der Waals surface area contributed by atoms with Crippen molar-refractivity contribution < 1.29 is 14.7 Å². The van der Waals surface area contributed by atoms with Gasteiger partial charge in [-0.15, -0.1) is 0 Å². The number of pyridine rings is 1. The first kappa shape index (κ1) is 23.9. The van der Waals surface area contributed by atoms with Gasteiger partial charge in [0, 0.05) is 23.0 Å². The molecule has 3 aromatic carbocycles. The van der Waals surface area contributed by atoms with E-state index in [1.165, 1.54) is 0 Å². The van der Waals surface area contributed by atoms with Crippen LogP contribution in [-0.4, -0.2) is 34.1 Å². The summed E-state index contributed by atoms with van der Waals surface area (Å²) < 4.78 is 0. The monoisotopic (exact) mass is 469 g/mol. The van der Waals surface area contributed by atoms with Gasteiger partial charge in [0.05, 0.1) is 6.04 Å². The molecule has 0 radical (unpaired) electrons. The van der Waals surface area contributed by atoms with Gasteiger partial charge in [-0.25, -0.2) is 0 Å². The second-order valence-corrected chi connectivity index (χ2v) is 8.42. The highest BCUT2D eigenvalue weighted by molar-refractivity contribution is 5.97. The van der Waals surface area contributed by atoms with E-state index in [4.69, 9.17) is 0 Å². The molecule has 0 spiro atoms. The maximum atomic E-state index is 13.2. The highest BCUT2D eigenvalue weighted by atomic mass is 16.3. The van der Waals surface area contributed by atoms with Crippen LogP contribution in [0.3, 0.4) is 0 Å². The Morgan fingerprint density at radius 3 is 2.17 bits per heavy atom. The van der Waals surface area contributed by atoms with Crippen LogP contribution in [0.1, 0.15) is 27.2 Å². The van der Waals surface area contributed by atoms with Crippen molar-refractivity contribution in [2.24, 2.45) is 0 Å². The van der Waals surface area contributed by atoms with Crippen molar-refractivity contribution in [3.63, 3.8) is 0 Å². The Morgan fingerprint density at radius 1 is 0.886 bits per heavy atom. The number of aromatic nitrogens is 1. The summed E-state index contributed by atoms with van der Waals surface area (Å²) in [6.07, 6.45) is -1.28. The van der Waals surface area contributed by atoms with E-state index in [-0.39, 0.29) is 29.7 Å². The zero-order chi connectivity index (χ0) is 24.8. The molecule has 35 heavy (non-hydrogen) atoms. The number of aliphatic hydroxyl groups excluding tert-OH is 1. The van der Waals surface area contributed by atoms with E-state index in [0.29, 0.717) is 10.9 Å². The Bertz CT molecular complexity index is 1380. The van der Waals surface area contributed by atoms with E-state index >= 15 is 0 Å². The van der Waals surface area contributed by atoms with Gasteiger partial charge in [-0.2, -0.15) is 0 Å². The number of aromatic amines is 1. The predicted molar refractivity (Wildman–Crippen MR) is 135 cm³/mol. The second kappa shape index (κ2) is 10.8. The molecule has 4 aromatic rings. The average molecular weight is 470 g/mol. The van der Waals surface area contributed by atoms with Crippen LogP contribution < -0.4 is 16.1 Å². The minimum absolute atomic E-state index is 0.101. The first-order chi connectivity index (χ1) is 16.9. The summed E-state index contributed by atoms with van der Waals surface area (Å²) in [6.45, 7) is 1.83. The largest absolute Gasteiger partial charge is 0.381 e. The average Bonchev–Trinajstić information content (AvgIpc) is 2.89. The molecular weight excluding hydrogens is 442 g/mol. The maximum absolute atomic E-state index is 13.2. The minimum atomic E-state index is -1.50. The van der Waals surface area contributed by atoms with Crippen LogP contribution in [0, 0.1) is 6.92 Å². The number of amides is 2. The Labute approximate surface area is 202 Å². The molecule has 0 fully saturated rings. The second-order valence-electron chi connectivity index (χ2n) is 8.42. The predicted octanol–water partition coefficient (Wildman–Crippen LogP) is 2.85. The van der Waals surface area contributed by atoms with Gasteiger partial charge >= 0.3 is 0 Å². The molecule has 7 nitrogen and oxygen atoms in total. The number of benzene rings is 3. The van der Waals surface area contributed by atoms with Gasteiger partial charge in [0.2, 0.25) is 0 Å². The van der Waals surface area contributed by atoms with Crippen molar-refractivity contribution in [3.8, 4) is 0 Å². The topological polar surface area (TPSA) is 111 Å². The number of hydrogen-bond acceptors (Lipinski definition) is 4. The van der Waals surface area contributed by atoms with Gasteiger partial charge in [0.15, 0.2) is 11.5 Å². The number of nitrogens with one attached hydrogen (secondary N) is 3. The molecule has 2 atom stereocenters. The van der Waals surface area contributed by atoms with Crippen LogP contribution in [0.25, 0.3) is 10.9 Å². The van der Waals surface area contributed by atoms with Gasteiger partial charge in [-0.3, -0.25) is 14.4 Å². The van der Waals surface area contributed by atoms with Crippen molar-refractivity contribution in [1.29, 1.82) is 0 Å². The molecule has 0 saturated heterocycles. The standard InChI is InChI=1S/C28H27N3O4/c1-18-24(30-22-15-9-8-14-21(22)25(18)32)27(34)31-23(16-19-10-4-2-5-11-19)26(33)28(35)29-17-20-12-6-3-7-13-20/h2-15,23,26,33H,16-17H2,1H3,(H,29,35)(H,30,32)(H,31,34). The fraction of sp³-hybridized carbons (Fsp3) is 0.179. The molecule has 2 unspecified atom stereocenters. The molecule has 0 bridgehead atoms. The first-order valence-corrected chi connectivity index (χ1v) is 11.4. The minimum Gasteiger partial charge on any atom is -0.381 e. The highest BCUT2D eigenvalue weighted by Crippen LogP contribution is 2.13. The summed E-state index contributed by atoms with van der Waals surface area (Å²) in [5.41, 5.74) is 2.39. The molecule has 7 heteroatoms. The maximum Gasteiger partial charge on any atom is 0.268 e. The molecule has 1 aromatic heterocycles. The molecule has 178 valence electrons. The molecule has 0 aliphatic rings. The smallest absolute Gasteiger partial charge is 0.268 e. The Kier molecular flexibility index (Phi) is 7.38. The summed E-state index contributed by atoms with van der Waals surface area (Å²) >= 11 is 0. The van der Waals surface area contributed by atoms with Crippen molar-refractivity contribution in [3.05, 3.63) is 118 Å². The summed E-state index contributed by atoms with van der Waals surface area (Å²) in [4.78, 5) is 41.8. The van der Waals surface area contributed by atoms with E-state index in [1.807, 2.05) is 60.7 Å². The van der Waals surface area contributed by atoms with Gasteiger partial charge < -0.3 is 20.7 Å². The summed E-state index contributed by atoms with van der Waals surface area (Å²) in [7, 11) is 0. The molecular formula is C28H27N3O4. The van der Waals surface area contributed by atoms with E-state index in [9.17, 15) is 19.5 Å². The Balaban J connectivity index is 1.57. The van der Waals surface area contributed by atoms with Crippen LogP contribution >= 0.6 is 0 Å². The molecule has 4 rings (SSSR count). The molecule has 0 saturated carbocycles. The summed E-state index contributed by atoms with van der Waals surface area (Å²) in [6, 6.07) is 24.7. The zero-order valence-electron chi connectivity index (χ0n) is 19.3. The normalized spacial score (nSPS) is 12.6. The van der Waals surface area contributed by atoms with E-state index in [0.717, 1.165) is 11.1 Å². The fourth-order valence-corrected chi connectivity index (χ4v) is 3.98. The Morgan fingerprint density at radius 2 is 1.49 bits per heavy atom. The third kappa shape index (κ3) is 5.65.